The third kappa shape index (κ3) is 4.10. The van der Waals surface area contributed by atoms with Crippen LogP contribution in [0.1, 0.15) is 23.2 Å². The van der Waals surface area contributed by atoms with Crippen molar-refractivity contribution in [2.45, 2.75) is 19.5 Å². The van der Waals surface area contributed by atoms with Gasteiger partial charge in [0, 0.05) is 19.2 Å². The number of nitrogens with zero attached hydrogens (tertiary/aromatic N) is 2. The van der Waals surface area contributed by atoms with E-state index in [2.05, 4.69) is 10.1 Å². The van der Waals surface area contributed by atoms with Gasteiger partial charge in [-0.2, -0.15) is 8.78 Å². The number of rotatable bonds is 5. The summed E-state index contributed by atoms with van der Waals surface area (Å²) < 4.78 is 34.4. The van der Waals surface area contributed by atoms with E-state index in [0.29, 0.717) is 24.9 Å². The Morgan fingerprint density at radius 1 is 1.26 bits per heavy atom. The van der Waals surface area contributed by atoms with E-state index in [4.69, 9.17) is 4.74 Å². The first-order valence-electron chi connectivity index (χ1n) is 8.72. The second-order valence-corrected chi connectivity index (χ2v) is 6.70. The quantitative estimate of drug-likeness (QED) is 0.617. The average molecular weight is 385 g/mol. The van der Waals surface area contributed by atoms with E-state index in [1.165, 1.54) is 7.11 Å². The topological polar surface area (TPSA) is 93.9 Å². The molecule has 8 nitrogen and oxygen atoms in total. The SMILES string of the molecule is COc1cc(C(=O)N2CC[C@@H]3CNC[C@@H]3CC2)c([N+](=O)[O-])cc1OC(F)F. The minimum Gasteiger partial charge on any atom is -0.493 e. The minimum absolute atomic E-state index is 0.153. The zero-order valence-corrected chi connectivity index (χ0v) is 14.8. The van der Waals surface area contributed by atoms with Crippen molar-refractivity contribution in [3.63, 3.8) is 0 Å². The number of nitro groups is 1. The fourth-order valence-corrected chi connectivity index (χ4v) is 3.81. The standard InChI is InChI=1S/C17H21F2N3O5/c1-26-14-6-12(13(22(24)25)7-15(14)27-17(18)19)16(23)21-4-2-10-8-20-9-11(10)3-5-21/h6-7,10-11,17,20H,2-5,8-9H2,1H3/t10-,11+. The largest absolute Gasteiger partial charge is 0.493 e. The summed E-state index contributed by atoms with van der Waals surface area (Å²) in [5.74, 6) is -0.146. The molecule has 0 radical (unpaired) electrons. The zero-order valence-electron chi connectivity index (χ0n) is 14.8. The molecule has 0 unspecified atom stereocenters. The number of carbonyl (C=O) groups excluding carboxylic acids is 1. The van der Waals surface area contributed by atoms with Gasteiger partial charge in [-0.05, 0) is 37.8 Å². The van der Waals surface area contributed by atoms with Crippen molar-refractivity contribution in [2.75, 3.05) is 33.3 Å². The molecule has 2 aliphatic rings. The Balaban J connectivity index is 1.89. The molecule has 2 heterocycles. The second-order valence-electron chi connectivity index (χ2n) is 6.70. The van der Waals surface area contributed by atoms with Gasteiger partial charge in [0.05, 0.1) is 18.1 Å². The van der Waals surface area contributed by atoms with Crippen molar-refractivity contribution in [1.29, 1.82) is 0 Å². The maximum Gasteiger partial charge on any atom is 0.387 e. The molecule has 1 amide bonds. The Kier molecular flexibility index (Phi) is 5.73. The number of ether oxygens (including phenoxy) is 2. The highest BCUT2D eigenvalue weighted by atomic mass is 19.3. The number of hydrogen-bond donors (Lipinski definition) is 1. The average Bonchev–Trinajstić information content (AvgIpc) is 2.98. The molecule has 3 rings (SSSR count). The highest BCUT2D eigenvalue weighted by molar-refractivity contribution is 5.99. The Morgan fingerprint density at radius 3 is 2.41 bits per heavy atom. The van der Waals surface area contributed by atoms with Gasteiger partial charge in [0.1, 0.15) is 5.56 Å². The lowest BCUT2D eigenvalue weighted by molar-refractivity contribution is -0.385. The lowest BCUT2D eigenvalue weighted by atomic mass is 9.92. The van der Waals surface area contributed by atoms with E-state index >= 15 is 0 Å². The van der Waals surface area contributed by atoms with Crippen molar-refractivity contribution in [2.24, 2.45) is 11.8 Å². The molecule has 148 valence electrons. The Hall–Kier alpha value is -2.49. The Morgan fingerprint density at radius 2 is 1.89 bits per heavy atom. The van der Waals surface area contributed by atoms with Crippen LogP contribution in [-0.4, -0.2) is 55.6 Å². The number of amides is 1. The van der Waals surface area contributed by atoms with E-state index in [-0.39, 0.29) is 11.3 Å². The lowest BCUT2D eigenvalue weighted by Gasteiger charge is -2.21. The van der Waals surface area contributed by atoms with E-state index in [1.54, 1.807) is 4.90 Å². The van der Waals surface area contributed by atoms with Crippen molar-refractivity contribution in [3.05, 3.63) is 27.8 Å². The van der Waals surface area contributed by atoms with Gasteiger partial charge in [-0.3, -0.25) is 14.9 Å². The van der Waals surface area contributed by atoms with E-state index in [1.807, 2.05) is 0 Å². The highest BCUT2D eigenvalue weighted by Crippen LogP contribution is 2.37. The molecular weight excluding hydrogens is 364 g/mol. The van der Waals surface area contributed by atoms with Crippen LogP contribution < -0.4 is 14.8 Å². The van der Waals surface area contributed by atoms with Crippen LogP contribution >= 0.6 is 0 Å². The molecule has 0 saturated carbocycles. The number of benzene rings is 1. The van der Waals surface area contributed by atoms with Crippen molar-refractivity contribution < 1.29 is 28.0 Å². The molecular formula is C17H21F2N3O5. The number of nitro benzene ring substituents is 1. The molecule has 2 aliphatic heterocycles. The number of halogens is 2. The second kappa shape index (κ2) is 8.03. The summed E-state index contributed by atoms with van der Waals surface area (Å²) in [5.41, 5.74) is -0.772. The summed E-state index contributed by atoms with van der Waals surface area (Å²) in [4.78, 5) is 25.2. The van der Waals surface area contributed by atoms with E-state index in [9.17, 15) is 23.7 Å². The van der Waals surface area contributed by atoms with Crippen LogP contribution in [0.4, 0.5) is 14.5 Å². The molecule has 0 bridgehead atoms. The summed E-state index contributed by atoms with van der Waals surface area (Å²) in [6.45, 7) is -0.341. The number of carbonyl (C=O) groups is 1. The van der Waals surface area contributed by atoms with Gasteiger partial charge in [-0.25, -0.2) is 0 Å². The monoisotopic (exact) mass is 385 g/mol. The lowest BCUT2D eigenvalue weighted by Crippen LogP contribution is -2.33. The van der Waals surface area contributed by atoms with Gasteiger partial charge < -0.3 is 19.7 Å². The third-order valence-corrected chi connectivity index (χ3v) is 5.23. The van der Waals surface area contributed by atoms with Crippen LogP contribution in [0.3, 0.4) is 0 Å². The van der Waals surface area contributed by atoms with Gasteiger partial charge in [0.25, 0.3) is 11.6 Å². The maximum absolute atomic E-state index is 13.0. The number of hydrogen-bond acceptors (Lipinski definition) is 6. The van der Waals surface area contributed by atoms with Gasteiger partial charge in [0.2, 0.25) is 0 Å². The zero-order chi connectivity index (χ0) is 19.6. The van der Waals surface area contributed by atoms with Crippen molar-refractivity contribution in [3.8, 4) is 11.5 Å². The van der Waals surface area contributed by atoms with Crippen LogP contribution in [0.2, 0.25) is 0 Å². The number of nitrogens with one attached hydrogen (secondary N) is 1. The Bertz CT molecular complexity index is 717. The fourth-order valence-electron chi connectivity index (χ4n) is 3.81. The van der Waals surface area contributed by atoms with Gasteiger partial charge in [-0.1, -0.05) is 0 Å². The van der Waals surface area contributed by atoms with Gasteiger partial charge >= 0.3 is 6.61 Å². The number of alkyl halides is 2. The predicted molar refractivity (Wildman–Crippen MR) is 91.3 cm³/mol. The van der Waals surface area contributed by atoms with E-state index < -0.39 is 28.9 Å². The van der Waals surface area contributed by atoms with Gasteiger partial charge in [-0.15, -0.1) is 0 Å². The Labute approximate surface area is 154 Å². The molecule has 1 aromatic rings. The summed E-state index contributed by atoms with van der Waals surface area (Å²) in [6, 6.07) is 1.92. The normalized spacial score (nSPS) is 22.3. The first-order valence-corrected chi connectivity index (χ1v) is 8.72. The van der Waals surface area contributed by atoms with E-state index in [0.717, 1.165) is 38.1 Å². The van der Waals surface area contributed by atoms with Crippen LogP contribution in [0.25, 0.3) is 0 Å². The van der Waals surface area contributed by atoms with Crippen molar-refractivity contribution in [1.82, 2.24) is 10.2 Å². The molecule has 2 atom stereocenters. The summed E-state index contributed by atoms with van der Waals surface area (Å²) >= 11 is 0. The number of methoxy groups -OCH3 is 1. The molecule has 2 saturated heterocycles. The third-order valence-electron chi connectivity index (χ3n) is 5.23. The molecule has 10 heteroatoms. The molecule has 27 heavy (non-hydrogen) atoms. The molecule has 1 aromatic carbocycles. The number of fused-ring (bicyclic) bond motifs is 1. The van der Waals surface area contributed by atoms with Crippen molar-refractivity contribution >= 4 is 11.6 Å². The highest BCUT2D eigenvalue weighted by Gasteiger charge is 2.34. The van der Waals surface area contributed by atoms with Crippen LogP contribution in [0.5, 0.6) is 11.5 Å². The molecule has 0 aromatic heterocycles. The first-order chi connectivity index (χ1) is 12.9. The molecule has 0 aliphatic carbocycles. The summed E-state index contributed by atoms with van der Waals surface area (Å²) in [7, 11) is 1.22. The van der Waals surface area contributed by atoms with Crippen LogP contribution in [0.15, 0.2) is 12.1 Å². The van der Waals surface area contributed by atoms with Gasteiger partial charge in [0.15, 0.2) is 11.5 Å². The fraction of sp³-hybridized carbons (Fsp3) is 0.588. The minimum atomic E-state index is -3.17. The summed E-state index contributed by atoms with van der Waals surface area (Å²) in [6.07, 6.45) is 1.64. The van der Waals surface area contributed by atoms with Crippen LogP contribution in [-0.2, 0) is 0 Å². The maximum atomic E-state index is 13.0. The molecule has 1 N–H and O–H groups in total. The number of likely N-dealkylation sites (tertiary alicyclic amines) is 1. The first kappa shape index (κ1) is 19.3. The molecule has 2 fully saturated rings. The summed E-state index contributed by atoms with van der Waals surface area (Å²) in [5, 5.41) is 14.8. The predicted octanol–water partition coefficient (Wildman–Crippen LogP) is 2.28. The van der Waals surface area contributed by atoms with Crippen LogP contribution in [0, 0.1) is 22.0 Å². The smallest absolute Gasteiger partial charge is 0.387 e. The molecule has 0 spiro atoms.